The number of hydrogen-bond acceptors (Lipinski definition) is 3. The Kier molecular flexibility index (Phi) is 2.45. The highest BCUT2D eigenvalue weighted by atomic mass is 16.5. The van der Waals surface area contributed by atoms with Gasteiger partial charge in [-0.1, -0.05) is 0 Å². The van der Waals surface area contributed by atoms with E-state index in [0.29, 0.717) is 6.04 Å². The summed E-state index contributed by atoms with van der Waals surface area (Å²) in [4.78, 5) is 6.36. The van der Waals surface area contributed by atoms with Gasteiger partial charge in [-0.05, 0) is 19.1 Å². The Balaban J connectivity index is 2.15. The third-order valence-electron chi connectivity index (χ3n) is 2.36. The van der Waals surface area contributed by atoms with E-state index in [9.17, 15) is 0 Å². The molecule has 0 saturated carbocycles. The van der Waals surface area contributed by atoms with Gasteiger partial charge in [0.05, 0.1) is 13.2 Å². The maximum Gasteiger partial charge on any atom is 0.0668 e. The van der Waals surface area contributed by atoms with E-state index in [0.717, 1.165) is 19.8 Å². The third kappa shape index (κ3) is 1.80. The van der Waals surface area contributed by atoms with Crippen molar-refractivity contribution >= 4 is 5.69 Å². The highest BCUT2D eigenvalue weighted by Crippen LogP contribution is 2.17. The predicted molar refractivity (Wildman–Crippen MR) is 51.9 cm³/mol. The number of anilines is 1. The molecule has 2 heterocycles. The molecule has 1 aliphatic heterocycles. The van der Waals surface area contributed by atoms with Gasteiger partial charge in [-0.15, -0.1) is 0 Å². The Labute approximate surface area is 78.3 Å². The van der Waals surface area contributed by atoms with Crippen LogP contribution in [0.5, 0.6) is 0 Å². The Bertz CT molecular complexity index is 263. The molecule has 0 aromatic carbocycles. The zero-order valence-electron chi connectivity index (χ0n) is 7.81. The average Bonchev–Trinajstić information content (AvgIpc) is 2.20. The minimum absolute atomic E-state index is 0.469. The smallest absolute Gasteiger partial charge is 0.0668 e. The van der Waals surface area contributed by atoms with Crippen LogP contribution in [0.25, 0.3) is 0 Å². The fourth-order valence-electron chi connectivity index (χ4n) is 1.65. The molecule has 0 bridgehead atoms. The van der Waals surface area contributed by atoms with Crippen molar-refractivity contribution in [1.82, 2.24) is 4.98 Å². The zero-order chi connectivity index (χ0) is 9.10. The summed E-state index contributed by atoms with van der Waals surface area (Å²) in [5.41, 5.74) is 1.24. The van der Waals surface area contributed by atoms with Crippen molar-refractivity contribution in [3.05, 3.63) is 24.5 Å². The number of nitrogens with zero attached hydrogens (tertiary/aromatic N) is 2. The summed E-state index contributed by atoms with van der Waals surface area (Å²) < 4.78 is 5.38. The fourth-order valence-corrected chi connectivity index (χ4v) is 1.65. The van der Waals surface area contributed by atoms with Crippen LogP contribution in [0.15, 0.2) is 24.5 Å². The van der Waals surface area contributed by atoms with Crippen LogP contribution in [0.4, 0.5) is 5.69 Å². The van der Waals surface area contributed by atoms with Gasteiger partial charge in [-0.2, -0.15) is 0 Å². The molecule has 70 valence electrons. The normalized spacial score (nSPS) is 23.2. The summed E-state index contributed by atoms with van der Waals surface area (Å²) in [6.45, 7) is 4.81. The van der Waals surface area contributed by atoms with Crippen LogP contribution in [-0.4, -0.2) is 30.8 Å². The van der Waals surface area contributed by atoms with Gasteiger partial charge in [0, 0.05) is 30.7 Å². The first-order valence-corrected chi connectivity index (χ1v) is 4.62. The lowest BCUT2D eigenvalue weighted by atomic mass is 10.2. The third-order valence-corrected chi connectivity index (χ3v) is 2.36. The van der Waals surface area contributed by atoms with E-state index in [1.807, 2.05) is 24.5 Å². The Morgan fingerprint density at radius 3 is 2.92 bits per heavy atom. The number of ether oxygens (including phenoxy) is 1. The minimum Gasteiger partial charge on any atom is -0.377 e. The summed E-state index contributed by atoms with van der Waals surface area (Å²) in [6, 6.07) is 4.56. The second kappa shape index (κ2) is 3.75. The lowest BCUT2D eigenvalue weighted by molar-refractivity contribution is 0.0989. The molecule has 0 unspecified atom stereocenters. The molecule has 0 aliphatic carbocycles. The maximum absolute atomic E-state index is 5.38. The molecular formula is C10H14N2O. The van der Waals surface area contributed by atoms with Crippen molar-refractivity contribution in [2.75, 3.05) is 24.7 Å². The number of hydrogen-bond donors (Lipinski definition) is 0. The number of pyridine rings is 1. The highest BCUT2D eigenvalue weighted by molar-refractivity contribution is 5.45. The molecule has 1 aromatic rings. The van der Waals surface area contributed by atoms with Crippen LogP contribution < -0.4 is 4.90 Å². The average molecular weight is 178 g/mol. The van der Waals surface area contributed by atoms with E-state index in [4.69, 9.17) is 4.74 Å². The minimum atomic E-state index is 0.469. The molecule has 3 nitrogen and oxygen atoms in total. The number of rotatable bonds is 1. The predicted octanol–water partition coefficient (Wildman–Crippen LogP) is 1.31. The van der Waals surface area contributed by atoms with Gasteiger partial charge in [0.25, 0.3) is 0 Å². The van der Waals surface area contributed by atoms with Gasteiger partial charge in [-0.3, -0.25) is 4.98 Å². The number of morpholine rings is 1. The summed E-state index contributed by atoms with van der Waals surface area (Å²) in [5, 5.41) is 0. The topological polar surface area (TPSA) is 25.4 Å². The van der Waals surface area contributed by atoms with Gasteiger partial charge in [0.15, 0.2) is 0 Å². The fraction of sp³-hybridized carbons (Fsp3) is 0.500. The molecule has 1 fully saturated rings. The quantitative estimate of drug-likeness (QED) is 0.648. The number of aromatic nitrogens is 1. The Morgan fingerprint density at radius 2 is 2.23 bits per heavy atom. The van der Waals surface area contributed by atoms with Crippen molar-refractivity contribution < 1.29 is 4.74 Å². The van der Waals surface area contributed by atoms with E-state index in [2.05, 4.69) is 16.8 Å². The van der Waals surface area contributed by atoms with Crippen LogP contribution in [0, 0.1) is 0 Å². The first kappa shape index (κ1) is 8.51. The maximum atomic E-state index is 5.38. The summed E-state index contributed by atoms with van der Waals surface area (Å²) in [5.74, 6) is 0. The van der Waals surface area contributed by atoms with E-state index in [-0.39, 0.29) is 0 Å². The van der Waals surface area contributed by atoms with Gasteiger partial charge in [-0.25, -0.2) is 0 Å². The molecule has 0 spiro atoms. The molecule has 0 amide bonds. The van der Waals surface area contributed by atoms with Crippen LogP contribution in [-0.2, 0) is 4.74 Å². The first-order valence-electron chi connectivity index (χ1n) is 4.62. The largest absolute Gasteiger partial charge is 0.377 e. The summed E-state index contributed by atoms with van der Waals surface area (Å²) in [6.07, 6.45) is 3.66. The van der Waals surface area contributed by atoms with E-state index >= 15 is 0 Å². The molecule has 0 radical (unpaired) electrons. The summed E-state index contributed by atoms with van der Waals surface area (Å²) in [7, 11) is 0. The van der Waals surface area contributed by atoms with Gasteiger partial charge in [0.2, 0.25) is 0 Å². The van der Waals surface area contributed by atoms with Gasteiger partial charge in [0.1, 0.15) is 0 Å². The second-order valence-corrected chi connectivity index (χ2v) is 3.32. The molecule has 3 heteroatoms. The van der Waals surface area contributed by atoms with Crippen LogP contribution >= 0.6 is 0 Å². The van der Waals surface area contributed by atoms with Crippen LogP contribution in [0.1, 0.15) is 6.92 Å². The summed E-state index contributed by atoms with van der Waals surface area (Å²) >= 11 is 0. The van der Waals surface area contributed by atoms with Crippen molar-refractivity contribution in [3.63, 3.8) is 0 Å². The second-order valence-electron chi connectivity index (χ2n) is 3.32. The van der Waals surface area contributed by atoms with Gasteiger partial charge >= 0.3 is 0 Å². The Hall–Kier alpha value is -1.09. The van der Waals surface area contributed by atoms with E-state index in [1.54, 1.807) is 0 Å². The highest BCUT2D eigenvalue weighted by Gasteiger charge is 2.18. The van der Waals surface area contributed by atoms with Gasteiger partial charge < -0.3 is 9.64 Å². The molecule has 0 N–H and O–H groups in total. The SMILES string of the molecule is C[C@@H]1COCCN1c1ccncc1. The lowest BCUT2D eigenvalue weighted by Gasteiger charge is -2.35. The molecule has 13 heavy (non-hydrogen) atoms. The molecule has 1 saturated heterocycles. The molecule has 1 atom stereocenters. The first-order chi connectivity index (χ1) is 6.38. The molecule has 1 aliphatic rings. The zero-order valence-corrected chi connectivity index (χ0v) is 7.81. The molecule has 2 rings (SSSR count). The van der Waals surface area contributed by atoms with Crippen molar-refractivity contribution in [2.24, 2.45) is 0 Å². The standard InChI is InChI=1S/C10H14N2O/c1-9-8-13-7-6-12(9)10-2-4-11-5-3-10/h2-5,9H,6-8H2,1H3/t9-/m1/s1. The van der Waals surface area contributed by atoms with Crippen molar-refractivity contribution in [1.29, 1.82) is 0 Å². The van der Waals surface area contributed by atoms with E-state index < -0.39 is 0 Å². The molecular weight excluding hydrogens is 164 g/mol. The Morgan fingerprint density at radius 1 is 1.46 bits per heavy atom. The lowest BCUT2D eigenvalue weighted by Crippen LogP contribution is -2.43. The van der Waals surface area contributed by atoms with E-state index in [1.165, 1.54) is 5.69 Å². The van der Waals surface area contributed by atoms with Crippen molar-refractivity contribution in [2.45, 2.75) is 13.0 Å². The van der Waals surface area contributed by atoms with Crippen LogP contribution in [0.2, 0.25) is 0 Å². The monoisotopic (exact) mass is 178 g/mol. The molecule has 1 aromatic heterocycles. The van der Waals surface area contributed by atoms with Crippen LogP contribution in [0.3, 0.4) is 0 Å². The van der Waals surface area contributed by atoms with Crippen molar-refractivity contribution in [3.8, 4) is 0 Å².